The van der Waals surface area contributed by atoms with E-state index in [-0.39, 0.29) is 11.8 Å². The molecule has 2 aliphatic rings. The fourth-order valence-electron chi connectivity index (χ4n) is 3.77. The number of hydrogen-bond acceptors (Lipinski definition) is 3. The zero-order chi connectivity index (χ0) is 15.8. The van der Waals surface area contributed by atoms with Crippen LogP contribution >= 0.6 is 0 Å². The quantitative estimate of drug-likeness (QED) is 0.887. The molecule has 4 heteroatoms. The van der Waals surface area contributed by atoms with Crippen LogP contribution in [0.5, 0.6) is 0 Å². The van der Waals surface area contributed by atoms with E-state index in [0.717, 1.165) is 43.1 Å². The normalized spacial score (nSPS) is 18.7. The molecule has 0 saturated carbocycles. The monoisotopic (exact) mass is 308 g/mol. The summed E-state index contributed by atoms with van der Waals surface area (Å²) in [6.45, 7) is 2.59. The SMILES string of the molecule is O=C1c2cccc3cccc(c23)C(=O)N1CCC1CCNCC1. The Morgan fingerprint density at radius 3 is 2.17 bits per heavy atom. The molecule has 0 atom stereocenters. The highest BCUT2D eigenvalue weighted by Crippen LogP contribution is 2.30. The topological polar surface area (TPSA) is 49.4 Å². The number of carbonyl (C=O) groups excluding carboxylic acids is 2. The van der Waals surface area contributed by atoms with Crippen LogP contribution in [0.1, 0.15) is 40.0 Å². The van der Waals surface area contributed by atoms with Gasteiger partial charge in [0.15, 0.2) is 0 Å². The molecule has 1 fully saturated rings. The number of piperidine rings is 1. The molecule has 23 heavy (non-hydrogen) atoms. The Kier molecular flexibility index (Phi) is 3.62. The minimum absolute atomic E-state index is 0.145. The van der Waals surface area contributed by atoms with E-state index in [1.807, 2.05) is 36.4 Å². The maximum Gasteiger partial charge on any atom is 0.261 e. The van der Waals surface area contributed by atoms with Crippen molar-refractivity contribution >= 4 is 22.6 Å². The van der Waals surface area contributed by atoms with Crippen molar-refractivity contribution in [2.45, 2.75) is 19.3 Å². The molecule has 2 amide bonds. The number of carbonyl (C=O) groups is 2. The lowest BCUT2D eigenvalue weighted by atomic mass is 9.92. The molecular formula is C19H20N2O2. The predicted octanol–water partition coefficient (Wildman–Crippen LogP) is 2.83. The van der Waals surface area contributed by atoms with Gasteiger partial charge in [0, 0.05) is 23.1 Å². The van der Waals surface area contributed by atoms with E-state index < -0.39 is 0 Å². The lowest BCUT2D eigenvalue weighted by Gasteiger charge is -2.29. The van der Waals surface area contributed by atoms with Gasteiger partial charge in [-0.15, -0.1) is 0 Å². The Labute approximate surface area is 135 Å². The number of nitrogens with one attached hydrogen (secondary N) is 1. The Hall–Kier alpha value is -2.20. The van der Waals surface area contributed by atoms with Crippen LogP contribution in [-0.4, -0.2) is 36.3 Å². The van der Waals surface area contributed by atoms with E-state index in [4.69, 9.17) is 0 Å². The summed E-state index contributed by atoms with van der Waals surface area (Å²) < 4.78 is 0. The zero-order valence-corrected chi connectivity index (χ0v) is 13.0. The number of benzene rings is 2. The second-order valence-corrected chi connectivity index (χ2v) is 6.45. The van der Waals surface area contributed by atoms with Gasteiger partial charge in [-0.05, 0) is 55.8 Å². The van der Waals surface area contributed by atoms with Crippen molar-refractivity contribution in [1.29, 1.82) is 0 Å². The first-order valence-corrected chi connectivity index (χ1v) is 8.34. The first-order valence-electron chi connectivity index (χ1n) is 8.34. The lowest BCUT2D eigenvalue weighted by molar-refractivity contribution is 0.0599. The standard InChI is InChI=1S/C19H20N2O2/c22-18-15-5-1-3-14-4-2-6-16(17(14)15)19(23)21(18)12-9-13-7-10-20-11-8-13/h1-6,13,20H,7-12H2. The van der Waals surface area contributed by atoms with Crippen molar-refractivity contribution in [3.8, 4) is 0 Å². The summed E-state index contributed by atoms with van der Waals surface area (Å²) in [6.07, 6.45) is 3.15. The van der Waals surface area contributed by atoms with Crippen molar-refractivity contribution in [3.63, 3.8) is 0 Å². The van der Waals surface area contributed by atoms with Crippen molar-refractivity contribution < 1.29 is 9.59 Å². The highest BCUT2D eigenvalue weighted by Gasteiger charge is 2.32. The van der Waals surface area contributed by atoms with Crippen molar-refractivity contribution in [2.75, 3.05) is 19.6 Å². The van der Waals surface area contributed by atoms with Gasteiger partial charge in [0.2, 0.25) is 0 Å². The van der Waals surface area contributed by atoms with Gasteiger partial charge >= 0.3 is 0 Å². The molecular weight excluding hydrogens is 288 g/mol. The van der Waals surface area contributed by atoms with Crippen LogP contribution in [0, 0.1) is 5.92 Å². The van der Waals surface area contributed by atoms with Crippen molar-refractivity contribution in [2.24, 2.45) is 5.92 Å². The van der Waals surface area contributed by atoms with Crippen LogP contribution in [0.2, 0.25) is 0 Å². The van der Waals surface area contributed by atoms with Crippen molar-refractivity contribution in [3.05, 3.63) is 47.5 Å². The van der Waals surface area contributed by atoms with Crippen LogP contribution in [0.15, 0.2) is 36.4 Å². The van der Waals surface area contributed by atoms with Crippen LogP contribution in [-0.2, 0) is 0 Å². The van der Waals surface area contributed by atoms with Gasteiger partial charge in [-0.1, -0.05) is 24.3 Å². The Morgan fingerprint density at radius 1 is 0.957 bits per heavy atom. The first-order chi connectivity index (χ1) is 11.3. The molecule has 0 radical (unpaired) electrons. The number of hydrogen-bond donors (Lipinski definition) is 1. The van der Waals surface area contributed by atoms with E-state index in [1.54, 1.807) is 0 Å². The van der Waals surface area contributed by atoms with Crippen LogP contribution in [0.4, 0.5) is 0 Å². The molecule has 0 aromatic heterocycles. The van der Waals surface area contributed by atoms with Crippen LogP contribution in [0.25, 0.3) is 10.8 Å². The van der Waals surface area contributed by atoms with Crippen LogP contribution < -0.4 is 5.32 Å². The number of amides is 2. The van der Waals surface area contributed by atoms with E-state index >= 15 is 0 Å². The summed E-state index contributed by atoms with van der Waals surface area (Å²) in [7, 11) is 0. The minimum atomic E-state index is -0.145. The highest BCUT2D eigenvalue weighted by molar-refractivity contribution is 6.25. The van der Waals surface area contributed by atoms with Crippen LogP contribution in [0.3, 0.4) is 0 Å². The molecule has 0 unspecified atom stereocenters. The fourth-order valence-corrected chi connectivity index (χ4v) is 3.77. The highest BCUT2D eigenvalue weighted by atomic mass is 16.2. The third kappa shape index (κ3) is 2.43. The van der Waals surface area contributed by atoms with Gasteiger partial charge in [0.1, 0.15) is 0 Å². The number of nitrogens with zero attached hydrogens (tertiary/aromatic N) is 1. The summed E-state index contributed by atoms with van der Waals surface area (Å²) in [5, 5.41) is 5.12. The van der Waals surface area contributed by atoms with Crippen molar-refractivity contribution in [1.82, 2.24) is 10.2 Å². The largest absolute Gasteiger partial charge is 0.317 e. The molecule has 2 aromatic rings. The van der Waals surface area contributed by atoms with Gasteiger partial charge in [0.05, 0.1) is 0 Å². The molecule has 4 rings (SSSR count). The molecule has 2 heterocycles. The summed E-state index contributed by atoms with van der Waals surface area (Å²) >= 11 is 0. The van der Waals surface area contributed by atoms with Gasteiger partial charge in [0.25, 0.3) is 11.8 Å². The molecule has 2 aromatic carbocycles. The maximum absolute atomic E-state index is 12.8. The fraction of sp³-hybridized carbons (Fsp3) is 0.368. The molecule has 0 bridgehead atoms. The van der Waals surface area contributed by atoms with E-state index in [0.29, 0.717) is 23.6 Å². The van der Waals surface area contributed by atoms with Gasteiger partial charge in [-0.2, -0.15) is 0 Å². The van der Waals surface area contributed by atoms with E-state index in [1.165, 1.54) is 4.90 Å². The van der Waals surface area contributed by atoms with E-state index in [2.05, 4.69) is 5.32 Å². The Balaban J connectivity index is 1.63. The molecule has 0 aliphatic carbocycles. The zero-order valence-electron chi connectivity index (χ0n) is 13.0. The lowest BCUT2D eigenvalue weighted by Crippen LogP contribution is -2.42. The Morgan fingerprint density at radius 2 is 1.57 bits per heavy atom. The molecule has 2 aliphatic heterocycles. The summed E-state index contributed by atoms with van der Waals surface area (Å²) in [5.74, 6) is 0.311. The average Bonchev–Trinajstić information content (AvgIpc) is 2.60. The van der Waals surface area contributed by atoms with E-state index in [9.17, 15) is 9.59 Å². The third-order valence-corrected chi connectivity index (χ3v) is 5.08. The van der Waals surface area contributed by atoms with Gasteiger partial charge in [-0.3, -0.25) is 14.5 Å². The van der Waals surface area contributed by atoms with Gasteiger partial charge < -0.3 is 5.32 Å². The summed E-state index contributed by atoms with van der Waals surface area (Å²) in [5.41, 5.74) is 1.31. The second-order valence-electron chi connectivity index (χ2n) is 6.45. The molecule has 118 valence electrons. The number of imide groups is 1. The summed E-state index contributed by atoms with van der Waals surface area (Å²) in [6, 6.07) is 11.3. The predicted molar refractivity (Wildman–Crippen MR) is 89.5 cm³/mol. The smallest absolute Gasteiger partial charge is 0.261 e. The molecule has 1 N–H and O–H groups in total. The molecule has 0 spiro atoms. The third-order valence-electron chi connectivity index (χ3n) is 5.08. The molecule has 4 nitrogen and oxygen atoms in total. The van der Waals surface area contributed by atoms with Gasteiger partial charge in [-0.25, -0.2) is 0 Å². The second kappa shape index (κ2) is 5.78. The minimum Gasteiger partial charge on any atom is -0.317 e. The Bertz CT molecular complexity index is 727. The molecule has 1 saturated heterocycles. The maximum atomic E-state index is 12.8. The number of rotatable bonds is 3. The first kappa shape index (κ1) is 14.4. The summed E-state index contributed by atoms with van der Waals surface area (Å²) in [4.78, 5) is 27.0. The average molecular weight is 308 g/mol.